The minimum atomic E-state index is 0.500. The summed E-state index contributed by atoms with van der Waals surface area (Å²) in [6, 6.07) is 22.7. The molecule has 2 aromatic carbocycles. The van der Waals surface area contributed by atoms with Crippen LogP contribution in [0.2, 0.25) is 0 Å². The molecule has 0 aliphatic heterocycles. The second kappa shape index (κ2) is 7.24. The van der Waals surface area contributed by atoms with Crippen molar-refractivity contribution in [1.29, 1.82) is 0 Å². The summed E-state index contributed by atoms with van der Waals surface area (Å²) in [5, 5.41) is 3.85. The van der Waals surface area contributed by atoms with Gasteiger partial charge >= 0.3 is 0 Å². The number of rotatable bonds is 6. The van der Waals surface area contributed by atoms with Crippen molar-refractivity contribution < 1.29 is 0 Å². The van der Waals surface area contributed by atoms with Crippen LogP contribution in [0.5, 0.6) is 0 Å². The third-order valence-corrected chi connectivity index (χ3v) is 4.13. The van der Waals surface area contributed by atoms with E-state index in [1.807, 2.05) is 0 Å². The maximum Gasteiger partial charge on any atom is 0.0151 e. The second-order valence-corrected chi connectivity index (χ2v) is 5.88. The van der Waals surface area contributed by atoms with Gasteiger partial charge in [-0.05, 0) is 36.8 Å². The van der Waals surface area contributed by atoms with E-state index in [0.29, 0.717) is 12.1 Å². The fraction of sp³-hybridized carbons (Fsp3) is 0.300. The Morgan fingerprint density at radius 2 is 1.24 bits per heavy atom. The first kappa shape index (κ1) is 14.1. The highest BCUT2D eigenvalue weighted by atomic mass is 14.9. The molecule has 21 heavy (non-hydrogen) atoms. The van der Waals surface area contributed by atoms with Gasteiger partial charge in [0.1, 0.15) is 0 Å². The summed E-state index contributed by atoms with van der Waals surface area (Å²) in [7, 11) is 0. The Bertz CT molecular complexity index is 509. The molecule has 0 radical (unpaired) electrons. The molecule has 0 unspecified atom stereocenters. The second-order valence-electron chi connectivity index (χ2n) is 5.88. The SMILES string of the molecule is C1=CCC(NC(Cc2ccccc2)Cc2ccccc2)C1. The molecule has 0 saturated carbocycles. The topological polar surface area (TPSA) is 12.0 Å². The summed E-state index contributed by atoms with van der Waals surface area (Å²) < 4.78 is 0. The number of hydrogen-bond donors (Lipinski definition) is 1. The van der Waals surface area contributed by atoms with Crippen LogP contribution >= 0.6 is 0 Å². The lowest BCUT2D eigenvalue weighted by molar-refractivity contribution is 0.431. The monoisotopic (exact) mass is 277 g/mol. The smallest absolute Gasteiger partial charge is 0.0151 e. The minimum Gasteiger partial charge on any atom is -0.310 e. The van der Waals surface area contributed by atoms with E-state index in [9.17, 15) is 0 Å². The summed E-state index contributed by atoms with van der Waals surface area (Å²) in [5.41, 5.74) is 2.83. The zero-order valence-corrected chi connectivity index (χ0v) is 12.4. The molecule has 0 heterocycles. The van der Waals surface area contributed by atoms with E-state index < -0.39 is 0 Å². The van der Waals surface area contributed by atoms with Crippen molar-refractivity contribution in [3.05, 3.63) is 83.9 Å². The van der Waals surface area contributed by atoms with Crippen LogP contribution in [0, 0.1) is 0 Å². The molecule has 0 amide bonds. The predicted octanol–water partition coefficient (Wildman–Crippen LogP) is 4.15. The number of benzene rings is 2. The van der Waals surface area contributed by atoms with Crippen molar-refractivity contribution in [2.45, 2.75) is 37.8 Å². The first-order valence-electron chi connectivity index (χ1n) is 7.89. The van der Waals surface area contributed by atoms with Gasteiger partial charge in [-0.25, -0.2) is 0 Å². The van der Waals surface area contributed by atoms with Gasteiger partial charge in [0, 0.05) is 12.1 Å². The maximum atomic E-state index is 3.85. The van der Waals surface area contributed by atoms with Crippen molar-refractivity contribution in [1.82, 2.24) is 5.32 Å². The highest BCUT2D eigenvalue weighted by molar-refractivity contribution is 5.20. The van der Waals surface area contributed by atoms with Crippen molar-refractivity contribution in [2.75, 3.05) is 0 Å². The Labute approximate surface area is 127 Å². The van der Waals surface area contributed by atoms with Crippen LogP contribution in [0.1, 0.15) is 24.0 Å². The van der Waals surface area contributed by atoms with Crippen molar-refractivity contribution in [2.24, 2.45) is 0 Å². The molecule has 1 nitrogen and oxygen atoms in total. The molecule has 0 bridgehead atoms. The Morgan fingerprint density at radius 3 is 1.71 bits per heavy atom. The van der Waals surface area contributed by atoms with Gasteiger partial charge in [-0.3, -0.25) is 0 Å². The van der Waals surface area contributed by atoms with Gasteiger partial charge in [0.25, 0.3) is 0 Å². The minimum absolute atomic E-state index is 0.500. The largest absolute Gasteiger partial charge is 0.310 e. The first-order chi connectivity index (χ1) is 10.4. The molecule has 0 atom stereocenters. The lowest BCUT2D eigenvalue weighted by Gasteiger charge is -2.23. The third-order valence-electron chi connectivity index (χ3n) is 4.13. The van der Waals surface area contributed by atoms with Crippen LogP contribution < -0.4 is 5.32 Å². The van der Waals surface area contributed by atoms with Crippen LogP contribution in [-0.4, -0.2) is 12.1 Å². The lowest BCUT2D eigenvalue weighted by atomic mass is 9.98. The quantitative estimate of drug-likeness (QED) is 0.782. The Balaban J connectivity index is 1.67. The van der Waals surface area contributed by atoms with Crippen molar-refractivity contribution in [3.8, 4) is 0 Å². The number of nitrogens with one attached hydrogen (secondary N) is 1. The first-order valence-corrected chi connectivity index (χ1v) is 7.89. The normalized spacial score (nSPS) is 14.9. The Hall–Kier alpha value is -1.86. The van der Waals surface area contributed by atoms with Crippen LogP contribution in [-0.2, 0) is 12.8 Å². The van der Waals surface area contributed by atoms with Gasteiger partial charge in [0.05, 0.1) is 0 Å². The van der Waals surface area contributed by atoms with Crippen LogP contribution in [0.4, 0.5) is 0 Å². The summed E-state index contributed by atoms with van der Waals surface area (Å²) in [5.74, 6) is 0. The average molecular weight is 277 g/mol. The molecule has 1 heteroatoms. The molecule has 0 spiro atoms. The van der Waals surface area contributed by atoms with E-state index in [2.05, 4.69) is 78.1 Å². The van der Waals surface area contributed by atoms with Crippen molar-refractivity contribution in [3.63, 3.8) is 0 Å². The molecule has 0 saturated heterocycles. The predicted molar refractivity (Wildman–Crippen MR) is 89.4 cm³/mol. The van der Waals surface area contributed by atoms with Gasteiger partial charge in [-0.15, -0.1) is 0 Å². The summed E-state index contributed by atoms with van der Waals surface area (Å²) in [6.45, 7) is 0. The van der Waals surface area contributed by atoms with Gasteiger partial charge in [0.2, 0.25) is 0 Å². The van der Waals surface area contributed by atoms with Gasteiger partial charge < -0.3 is 5.32 Å². The van der Waals surface area contributed by atoms with E-state index in [0.717, 1.165) is 12.8 Å². The van der Waals surface area contributed by atoms with Crippen LogP contribution in [0.25, 0.3) is 0 Å². The highest BCUT2D eigenvalue weighted by Crippen LogP contribution is 2.14. The van der Waals surface area contributed by atoms with Gasteiger partial charge in [-0.2, -0.15) is 0 Å². The molecule has 2 aromatic rings. The van der Waals surface area contributed by atoms with E-state index in [-0.39, 0.29) is 0 Å². The third kappa shape index (κ3) is 4.30. The zero-order chi connectivity index (χ0) is 14.3. The van der Waals surface area contributed by atoms with E-state index in [4.69, 9.17) is 0 Å². The molecule has 0 fully saturated rings. The molecule has 1 N–H and O–H groups in total. The maximum absolute atomic E-state index is 3.85. The van der Waals surface area contributed by atoms with Gasteiger partial charge in [-0.1, -0.05) is 72.8 Å². The molecular formula is C20H23N. The standard InChI is InChI=1S/C20H23N/c1-3-9-17(10-4-1)15-20(21-19-13-7-8-14-19)16-18-11-5-2-6-12-18/h1-12,19-21H,13-16H2. The van der Waals surface area contributed by atoms with E-state index >= 15 is 0 Å². The van der Waals surface area contributed by atoms with Crippen molar-refractivity contribution >= 4 is 0 Å². The van der Waals surface area contributed by atoms with E-state index in [1.54, 1.807) is 0 Å². The molecule has 1 aliphatic carbocycles. The molecule has 3 rings (SSSR count). The molecule has 0 aromatic heterocycles. The highest BCUT2D eigenvalue weighted by Gasteiger charge is 2.17. The van der Waals surface area contributed by atoms with Crippen LogP contribution in [0.15, 0.2) is 72.8 Å². The van der Waals surface area contributed by atoms with Gasteiger partial charge in [0.15, 0.2) is 0 Å². The molecular weight excluding hydrogens is 254 g/mol. The average Bonchev–Trinajstić information content (AvgIpc) is 3.02. The summed E-state index contributed by atoms with van der Waals surface area (Å²) in [4.78, 5) is 0. The summed E-state index contributed by atoms with van der Waals surface area (Å²) in [6.07, 6.45) is 9.10. The zero-order valence-electron chi connectivity index (χ0n) is 12.4. The van der Waals surface area contributed by atoms with E-state index in [1.165, 1.54) is 24.0 Å². The fourth-order valence-corrected chi connectivity index (χ4v) is 3.07. The Kier molecular flexibility index (Phi) is 4.86. The molecule has 108 valence electrons. The Morgan fingerprint density at radius 1 is 0.762 bits per heavy atom. The summed E-state index contributed by atoms with van der Waals surface area (Å²) >= 11 is 0. The molecule has 1 aliphatic rings. The lowest BCUT2D eigenvalue weighted by Crippen LogP contribution is -2.39. The fourth-order valence-electron chi connectivity index (χ4n) is 3.07. The number of hydrogen-bond acceptors (Lipinski definition) is 1. The van der Waals surface area contributed by atoms with Crippen LogP contribution in [0.3, 0.4) is 0 Å².